The van der Waals surface area contributed by atoms with E-state index in [-0.39, 0.29) is 54.1 Å². The SMILES string of the molecule is CC(=O)Oc1ccccc1C(=O)NC(=O)OCCSSCCO[N+](=O)[O-].[Na]. The first-order valence-electron chi connectivity index (χ1n) is 7.17. The Bertz CT molecular complexity index is 662. The van der Waals surface area contributed by atoms with E-state index in [2.05, 4.69) is 4.84 Å². The number of hydrogen-bond acceptors (Lipinski definition) is 10. The van der Waals surface area contributed by atoms with Crippen molar-refractivity contribution in [2.75, 3.05) is 24.7 Å². The van der Waals surface area contributed by atoms with Gasteiger partial charge in [0.2, 0.25) is 0 Å². The van der Waals surface area contributed by atoms with Gasteiger partial charge >= 0.3 is 12.1 Å². The van der Waals surface area contributed by atoms with Crippen molar-refractivity contribution in [3.63, 3.8) is 0 Å². The first-order valence-corrected chi connectivity index (χ1v) is 9.66. The molecule has 1 aromatic rings. The first kappa shape index (κ1) is 25.5. The normalized spacial score (nSPS) is 9.52. The molecule has 143 valence electrons. The van der Waals surface area contributed by atoms with Crippen molar-refractivity contribution in [3.05, 3.63) is 39.9 Å². The zero-order valence-electron chi connectivity index (χ0n) is 14.7. The number of carbonyl (C=O) groups is 3. The molecular weight excluding hydrogens is 411 g/mol. The predicted molar refractivity (Wildman–Crippen MR) is 100 cm³/mol. The molecule has 0 aliphatic rings. The van der Waals surface area contributed by atoms with Crippen LogP contribution in [0.2, 0.25) is 0 Å². The molecule has 0 aliphatic carbocycles. The van der Waals surface area contributed by atoms with Gasteiger partial charge in [-0.15, -0.1) is 10.1 Å². The Balaban J connectivity index is 0.00000676. The second kappa shape index (κ2) is 14.6. The Morgan fingerprint density at radius 2 is 1.78 bits per heavy atom. The fourth-order valence-corrected chi connectivity index (χ4v) is 3.17. The summed E-state index contributed by atoms with van der Waals surface area (Å²) in [7, 11) is 2.66. The van der Waals surface area contributed by atoms with Crippen molar-refractivity contribution in [3.8, 4) is 5.75 Å². The van der Waals surface area contributed by atoms with Crippen molar-refractivity contribution in [1.82, 2.24) is 5.32 Å². The number of imide groups is 1. The molecule has 0 heterocycles. The summed E-state index contributed by atoms with van der Waals surface area (Å²) in [5.74, 6) is -0.483. The van der Waals surface area contributed by atoms with Gasteiger partial charge in [-0.3, -0.25) is 14.9 Å². The van der Waals surface area contributed by atoms with Gasteiger partial charge in [0.25, 0.3) is 11.0 Å². The van der Waals surface area contributed by atoms with E-state index >= 15 is 0 Å². The quantitative estimate of drug-likeness (QED) is 0.112. The molecule has 0 atom stereocenters. The van der Waals surface area contributed by atoms with E-state index in [1.807, 2.05) is 5.32 Å². The maximum Gasteiger partial charge on any atom is 0.414 e. The fraction of sp³-hybridized carbons (Fsp3) is 0.357. The zero-order chi connectivity index (χ0) is 19.4. The van der Waals surface area contributed by atoms with Crippen LogP contribution < -0.4 is 10.1 Å². The van der Waals surface area contributed by atoms with Crippen LogP contribution in [0.4, 0.5) is 4.79 Å². The Morgan fingerprint density at radius 1 is 1.15 bits per heavy atom. The Labute approximate surface area is 184 Å². The molecule has 0 saturated carbocycles. The van der Waals surface area contributed by atoms with Crippen LogP contribution in [0.5, 0.6) is 5.75 Å². The van der Waals surface area contributed by atoms with E-state index in [1.54, 1.807) is 12.1 Å². The van der Waals surface area contributed by atoms with E-state index < -0.39 is 23.1 Å². The van der Waals surface area contributed by atoms with Crippen LogP contribution >= 0.6 is 21.6 Å². The molecule has 0 fully saturated rings. The summed E-state index contributed by atoms with van der Waals surface area (Å²) >= 11 is 0. The monoisotopic (exact) mass is 427 g/mol. The molecule has 13 heteroatoms. The smallest absolute Gasteiger partial charge is 0.414 e. The number of carbonyl (C=O) groups excluding carboxylic acids is 3. The molecule has 2 amide bonds. The van der Waals surface area contributed by atoms with Gasteiger partial charge in [0.1, 0.15) is 19.0 Å². The van der Waals surface area contributed by atoms with Crippen LogP contribution in [-0.2, 0) is 14.4 Å². The number of benzene rings is 1. The molecule has 0 saturated heterocycles. The van der Waals surface area contributed by atoms with Crippen LogP contribution in [0.1, 0.15) is 17.3 Å². The van der Waals surface area contributed by atoms with Gasteiger partial charge in [-0.25, -0.2) is 4.79 Å². The largest absolute Gasteiger partial charge is 0.448 e. The second-order valence-electron chi connectivity index (χ2n) is 4.38. The Hall–Kier alpha value is -1.47. The van der Waals surface area contributed by atoms with Crippen molar-refractivity contribution in [2.45, 2.75) is 6.92 Å². The number of esters is 1. The average molecular weight is 427 g/mol. The van der Waals surface area contributed by atoms with E-state index in [9.17, 15) is 24.5 Å². The number of nitrogens with one attached hydrogen (secondary N) is 1. The van der Waals surface area contributed by atoms with Gasteiger partial charge in [-0.05, 0) is 12.1 Å². The molecule has 0 bridgehead atoms. The zero-order valence-corrected chi connectivity index (χ0v) is 18.3. The summed E-state index contributed by atoms with van der Waals surface area (Å²) in [6.07, 6.45) is -0.935. The van der Waals surface area contributed by atoms with Crippen LogP contribution in [0.25, 0.3) is 0 Å². The van der Waals surface area contributed by atoms with Crippen molar-refractivity contribution < 1.29 is 33.8 Å². The summed E-state index contributed by atoms with van der Waals surface area (Å²) in [6.45, 7) is 1.21. The minimum Gasteiger partial charge on any atom is -0.448 e. The third-order valence-electron chi connectivity index (χ3n) is 2.45. The maximum absolute atomic E-state index is 12.0. The molecule has 1 radical (unpaired) electrons. The summed E-state index contributed by atoms with van der Waals surface area (Å²) in [4.78, 5) is 48.7. The first-order chi connectivity index (χ1) is 12.4. The van der Waals surface area contributed by atoms with Gasteiger partial charge in [0.15, 0.2) is 0 Å². The molecule has 0 spiro atoms. The third kappa shape index (κ3) is 11.8. The van der Waals surface area contributed by atoms with Gasteiger partial charge in [-0.2, -0.15) is 0 Å². The molecule has 0 aromatic heterocycles. The molecule has 0 aliphatic heterocycles. The van der Waals surface area contributed by atoms with E-state index in [4.69, 9.17) is 9.47 Å². The van der Waals surface area contributed by atoms with Gasteiger partial charge in [-0.1, -0.05) is 33.7 Å². The van der Waals surface area contributed by atoms with Crippen LogP contribution in [0, 0.1) is 10.1 Å². The number of hydrogen-bond donors (Lipinski definition) is 1. The molecule has 10 nitrogen and oxygen atoms in total. The predicted octanol–water partition coefficient (Wildman–Crippen LogP) is 1.69. The van der Waals surface area contributed by atoms with Gasteiger partial charge in [0, 0.05) is 48.0 Å². The van der Waals surface area contributed by atoms with Crippen molar-refractivity contribution in [1.29, 1.82) is 0 Å². The Morgan fingerprint density at radius 3 is 2.41 bits per heavy atom. The molecular formula is C14H16N2NaO8S2. The second-order valence-corrected chi connectivity index (χ2v) is 7.08. The summed E-state index contributed by atoms with van der Waals surface area (Å²) in [5, 5.41) is 11.1. The summed E-state index contributed by atoms with van der Waals surface area (Å²) < 4.78 is 9.75. The van der Waals surface area contributed by atoms with Gasteiger partial charge < -0.3 is 14.3 Å². The molecule has 1 rings (SSSR count). The van der Waals surface area contributed by atoms with E-state index in [1.165, 1.54) is 40.6 Å². The number of alkyl carbamates (subject to hydrolysis) is 1. The van der Waals surface area contributed by atoms with Crippen molar-refractivity contribution >= 4 is 69.1 Å². The number of para-hydroxylation sites is 1. The van der Waals surface area contributed by atoms with Gasteiger partial charge in [0.05, 0.1) is 5.56 Å². The minimum atomic E-state index is -0.935. The minimum absolute atomic E-state index is 0. The summed E-state index contributed by atoms with van der Waals surface area (Å²) in [5.41, 5.74) is 0.0235. The standard InChI is InChI=1S/C14H16N2O8S2.Na/c1-10(17)24-12-5-3-2-4-11(12)13(18)15-14(19)22-6-8-25-26-9-7-23-16(20)21;/h2-5H,6-9H2,1H3,(H,15,18,19);. The van der Waals surface area contributed by atoms with E-state index in [0.717, 1.165) is 0 Å². The topological polar surface area (TPSA) is 134 Å². The number of amides is 2. The molecule has 27 heavy (non-hydrogen) atoms. The summed E-state index contributed by atoms with van der Waals surface area (Å²) in [6, 6.07) is 5.97. The fourth-order valence-electron chi connectivity index (χ4n) is 1.53. The number of ether oxygens (including phenoxy) is 2. The molecule has 1 N–H and O–H groups in total. The average Bonchev–Trinajstić information content (AvgIpc) is 2.56. The van der Waals surface area contributed by atoms with Crippen LogP contribution in [0.3, 0.4) is 0 Å². The van der Waals surface area contributed by atoms with Crippen LogP contribution in [-0.4, -0.2) is 77.3 Å². The maximum atomic E-state index is 12.0. The molecule has 0 unspecified atom stereocenters. The molecule has 1 aromatic carbocycles. The Kier molecular flexibility index (Phi) is 13.8. The number of nitrogens with zero attached hydrogens (tertiary/aromatic N) is 1. The number of rotatable bonds is 10. The van der Waals surface area contributed by atoms with E-state index in [0.29, 0.717) is 11.5 Å². The third-order valence-corrected chi connectivity index (χ3v) is 4.78. The van der Waals surface area contributed by atoms with Crippen molar-refractivity contribution in [2.24, 2.45) is 0 Å². The van der Waals surface area contributed by atoms with Crippen LogP contribution in [0.15, 0.2) is 24.3 Å².